The molecule has 3 aliphatic rings. The first-order chi connectivity index (χ1) is 9.29. The summed E-state index contributed by atoms with van der Waals surface area (Å²) in [6, 6.07) is 6.48. The van der Waals surface area contributed by atoms with Crippen molar-refractivity contribution in [3.8, 4) is 0 Å². The number of aromatic nitrogens is 1. The van der Waals surface area contributed by atoms with Crippen LogP contribution in [0.4, 0.5) is 5.13 Å². The number of benzene rings is 1. The minimum atomic E-state index is 0.557. The van der Waals surface area contributed by atoms with E-state index in [0.717, 1.165) is 32.8 Å². The number of nitrogens with one attached hydrogen (secondary N) is 1. The molecule has 1 atom stereocenters. The second-order valence-electron chi connectivity index (χ2n) is 5.50. The molecule has 3 aliphatic heterocycles. The quantitative estimate of drug-likeness (QED) is 0.919. The third-order valence-corrected chi connectivity index (χ3v) is 5.79. The van der Waals surface area contributed by atoms with E-state index in [1.54, 1.807) is 11.3 Å². The lowest BCUT2D eigenvalue weighted by molar-refractivity contribution is 0.0975. The SMILES string of the molecule is Clc1cccc2nc(NC3CN4CCC3CC4)sc12. The Morgan fingerprint density at radius 1 is 1.32 bits per heavy atom. The lowest BCUT2D eigenvalue weighted by Gasteiger charge is -2.44. The second kappa shape index (κ2) is 4.62. The smallest absolute Gasteiger partial charge is 0.184 e. The van der Waals surface area contributed by atoms with Gasteiger partial charge in [-0.3, -0.25) is 0 Å². The molecule has 100 valence electrons. The molecule has 1 unspecified atom stereocenters. The molecule has 1 aromatic heterocycles. The largest absolute Gasteiger partial charge is 0.357 e. The lowest BCUT2D eigenvalue weighted by Crippen LogP contribution is -2.53. The predicted molar refractivity (Wildman–Crippen MR) is 81.2 cm³/mol. The standard InChI is InChI=1S/C14H16ClN3S/c15-10-2-1-3-11-13(10)19-14(16-11)17-12-8-18-6-4-9(12)5-7-18/h1-3,9,12H,4-8H2,(H,16,17). The van der Waals surface area contributed by atoms with E-state index in [1.807, 2.05) is 18.2 Å². The van der Waals surface area contributed by atoms with Crippen LogP contribution in [-0.4, -0.2) is 35.6 Å². The predicted octanol–water partition coefficient (Wildman–Crippen LogP) is 3.46. The molecule has 4 heterocycles. The molecule has 5 heteroatoms. The maximum atomic E-state index is 6.21. The van der Waals surface area contributed by atoms with E-state index >= 15 is 0 Å². The number of hydrogen-bond donors (Lipinski definition) is 1. The summed E-state index contributed by atoms with van der Waals surface area (Å²) in [7, 11) is 0. The van der Waals surface area contributed by atoms with Gasteiger partial charge < -0.3 is 10.2 Å². The third-order valence-electron chi connectivity index (χ3n) is 4.33. The van der Waals surface area contributed by atoms with Gasteiger partial charge in [-0.15, -0.1) is 0 Å². The van der Waals surface area contributed by atoms with Crippen LogP contribution in [-0.2, 0) is 0 Å². The van der Waals surface area contributed by atoms with E-state index in [1.165, 1.54) is 25.9 Å². The van der Waals surface area contributed by atoms with Gasteiger partial charge in [0.2, 0.25) is 0 Å². The molecule has 1 N–H and O–H groups in total. The Bertz CT molecular complexity index is 604. The highest BCUT2D eigenvalue weighted by Crippen LogP contribution is 2.34. The maximum absolute atomic E-state index is 6.21. The molecule has 0 saturated carbocycles. The van der Waals surface area contributed by atoms with Crippen LogP contribution >= 0.6 is 22.9 Å². The molecule has 0 aliphatic carbocycles. The number of nitrogens with zero attached hydrogens (tertiary/aromatic N) is 2. The van der Waals surface area contributed by atoms with Gasteiger partial charge in [-0.25, -0.2) is 4.98 Å². The molecule has 0 amide bonds. The van der Waals surface area contributed by atoms with Crippen LogP contribution in [0.25, 0.3) is 10.2 Å². The molecule has 2 aromatic rings. The number of hydrogen-bond acceptors (Lipinski definition) is 4. The molecule has 3 fully saturated rings. The van der Waals surface area contributed by atoms with Crippen LogP contribution in [0.5, 0.6) is 0 Å². The Morgan fingerprint density at radius 3 is 2.84 bits per heavy atom. The van der Waals surface area contributed by atoms with Crippen molar-refractivity contribution in [1.29, 1.82) is 0 Å². The summed E-state index contributed by atoms with van der Waals surface area (Å²) in [6.45, 7) is 3.71. The Balaban J connectivity index is 1.60. The maximum Gasteiger partial charge on any atom is 0.184 e. The van der Waals surface area contributed by atoms with E-state index in [0.29, 0.717) is 6.04 Å². The Kier molecular flexibility index (Phi) is 2.90. The Morgan fingerprint density at radius 2 is 2.16 bits per heavy atom. The average Bonchev–Trinajstić information content (AvgIpc) is 2.84. The number of thiazole rings is 1. The number of anilines is 1. The monoisotopic (exact) mass is 293 g/mol. The van der Waals surface area contributed by atoms with Crippen molar-refractivity contribution in [3.05, 3.63) is 23.2 Å². The van der Waals surface area contributed by atoms with Crippen molar-refractivity contribution >= 4 is 38.3 Å². The molecule has 3 saturated heterocycles. The molecule has 0 radical (unpaired) electrons. The number of piperidine rings is 3. The van der Waals surface area contributed by atoms with Crippen molar-refractivity contribution in [1.82, 2.24) is 9.88 Å². The van der Waals surface area contributed by atoms with Gasteiger partial charge in [-0.1, -0.05) is 29.0 Å². The molecule has 19 heavy (non-hydrogen) atoms. The van der Waals surface area contributed by atoms with Gasteiger partial charge in [0, 0.05) is 12.6 Å². The number of halogens is 1. The van der Waals surface area contributed by atoms with Gasteiger partial charge in [-0.2, -0.15) is 0 Å². The minimum Gasteiger partial charge on any atom is -0.357 e. The van der Waals surface area contributed by atoms with Gasteiger partial charge in [0.25, 0.3) is 0 Å². The van der Waals surface area contributed by atoms with Crippen LogP contribution in [0, 0.1) is 5.92 Å². The fourth-order valence-corrected chi connectivity index (χ4v) is 4.48. The molecule has 5 rings (SSSR count). The van der Waals surface area contributed by atoms with Crippen molar-refractivity contribution in [3.63, 3.8) is 0 Å². The molecule has 1 aromatic carbocycles. The van der Waals surface area contributed by atoms with Crippen molar-refractivity contribution in [2.75, 3.05) is 25.0 Å². The van der Waals surface area contributed by atoms with Crippen molar-refractivity contribution < 1.29 is 0 Å². The van der Waals surface area contributed by atoms with Crippen LogP contribution in [0.15, 0.2) is 18.2 Å². The first-order valence-electron chi connectivity index (χ1n) is 6.83. The van der Waals surface area contributed by atoms with Crippen LogP contribution in [0.1, 0.15) is 12.8 Å². The first kappa shape index (κ1) is 11.9. The highest BCUT2D eigenvalue weighted by molar-refractivity contribution is 7.22. The summed E-state index contributed by atoms with van der Waals surface area (Å²) in [5.74, 6) is 0.812. The highest BCUT2D eigenvalue weighted by Gasteiger charge is 2.34. The molecule has 2 bridgehead atoms. The fourth-order valence-electron chi connectivity index (χ4n) is 3.26. The normalized spacial score (nSPS) is 29.8. The van der Waals surface area contributed by atoms with Crippen molar-refractivity contribution in [2.45, 2.75) is 18.9 Å². The van der Waals surface area contributed by atoms with E-state index in [9.17, 15) is 0 Å². The van der Waals surface area contributed by atoms with Crippen LogP contribution in [0.3, 0.4) is 0 Å². The van der Waals surface area contributed by atoms with E-state index in [4.69, 9.17) is 11.6 Å². The molecule has 3 nitrogen and oxygen atoms in total. The lowest BCUT2D eigenvalue weighted by atomic mass is 9.84. The second-order valence-corrected chi connectivity index (χ2v) is 6.90. The van der Waals surface area contributed by atoms with Crippen LogP contribution < -0.4 is 5.32 Å². The number of fused-ring (bicyclic) bond motifs is 4. The molecule has 0 spiro atoms. The van der Waals surface area contributed by atoms with Crippen LogP contribution in [0.2, 0.25) is 5.02 Å². The highest BCUT2D eigenvalue weighted by atomic mass is 35.5. The Labute approximate surface area is 121 Å². The third kappa shape index (κ3) is 2.12. The fraction of sp³-hybridized carbons (Fsp3) is 0.500. The number of rotatable bonds is 2. The van der Waals surface area contributed by atoms with E-state index in [-0.39, 0.29) is 0 Å². The zero-order chi connectivity index (χ0) is 12.8. The van der Waals surface area contributed by atoms with Gasteiger partial charge >= 0.3 is 0 Å². The summed E-state index contributed by atoms with van der Waals surface area (Å²) < 4.78 is 1.09. The first-order valence-corrected chi connectivity index (χ1v) is 8.03. The van der Waals surface area contributed by atoms with Gasteiger partial charge in [0.1, 0.15) is 0 Å². The summed E-state index contributed by atoms with van der Waals surface area (Å²) >= 11 is 7.88. The summed E-state index contributed by atoms with van der Waals surface area (Å²) in [5, 5.41) is 5.45. The summed E-state index contributed by atoms with van der Waals surface area (Å²) in [5.41, 5.74) is 1.00. The van der Waals surface area contributed by atoms with Gasteiger partial charge in [0.15, 0.2) is 5.13 Å². The zero-order valence-electron chi connectivity index (χ0n) is 10.6. The van der Waals surface area contributed by atoms with Gasteiger partial charge in [-0.05, 0) is 44.0 Å². The van der Waals surface area contributed by atoms with E-state index in [2.05, 4.69) is 15.2 Å². The topological polar surface area (TPSA) is 28.2 Å². The van der Waals surface area contributed by atoms with E-state index < -0.39 is 0 Å². The minimum absolute atomic E-state index is 0.557. The van der Waals surface area contributed by atoms with Gasteiger partial charge in [0.05, 0.1) is 15.2 Å². The average molecular weight is 294 g/mol. The summed E-state index contributed by atoms with van der Waals surface area (Å²) in [4.78, 5) is 7.21. The molecular formula is C14H16ClN3S. The zero-order valence-corrected chi connectivity index (χ0v) is 12.2. The molecular weight excluding hydrogens is 278 g/mol. The Hall–Kier alpha value is -0.840. The summed E-state index contributed by atoms with van der Waals surface area (Å²) in [6.07, 6.45) is 2.65. The van der Waals surface area contributed by atoms with Crippen molar-refractivity contribution in [2.24, 2.45) is 5.92 Å².